The van der Waals surface area contributed by atoms with Crippen LogP contribution in [0.4, 0.5) is 0 Å². The van der Waals surface area contributed by atoms with Gasteiger partial charge in [0.2, 0.25) is 0 Å². The summed E-state index contributed by atoms with van der Waals surface area (Å²) in [5.41, 5.74) is 4.69. The van der Waals surface area contributed by atoms with Crippen LogP contribution in [-0.4, -0.2) is 19.6 Å². The summed E-state index contributed by atoms with van der Waals surface area (Å²) in [6.07, 6.45) is 0.964. The third kappa shape index (κ3) is 6.11. The molecular formula is C25H28ClNO4S. The Bertz CT molecular complexity index is 1150. The molecule has 4 rings (SSSR count). The van der Waals surface area contributed by atoms with Crippen LogP contribution in [0.2, 0.25) is 5.02 Å². The summed E-state index contributed by atoms with van der Waals surface area (Å²) in [6, 6.07) is 21.1. The van der Waals surface area contributed by atoms with E-state index < -0.39 is 10.1 Å². The van der Waals surface area contributed by atoms with E-state index in [0.29, 0.717) is 17.7 Å². The fourth-order valence-electron chi connectivity index (χ4n) is 3.69. The van der Waals surface area contributed by atoms with E-state index in [4.69, 9.17) is 20.9 Å². The molecule has 32 heavy (non-hydrogen) atoms. The molecule has 1 heterocycles. The molecule has 2 atom stereocenters. The number of nitrogens with one attached hydrogen (secondary N) is 1. The van der Waals surface area contributed by atoms with Crippen LogP contribution in [0, 0.1) is 13.8 Å². The minimum atomic E-state index is -4.02. The van der Waals surface area contributed by atoms with Crippen molar-refractivity contribution in [2.24, 2.45) is 0 Å². The highest BCUT2D eigenvalue weighted by Crippen LogP contribution is 2.40. The SMILES string of the molecule is Cc1ccc(Cl)c2c1[C@@H](N[C@@H](C)c1ccccc1)CCO2.Cc1ccc(S(=O)(=O)O)cc1. The Kier molecular flexibility index (Phi) is 7.96. The van der Waals surface area contributed by atoms with Crippen molar-refractivity contribution in [3.8, 4) is 5.75 Å². The van der Waals surface area contributed by atoms with Gasteiger partial charge in [0.05, 0.1) is 16.5 Å². The fourth-order valence-corrected chi connectivity index (χ4v) is 4.39. The average Bonchev–Trinajstić information content (AvgIpc) is 2.77. The number of halogens is 1. The summed E-state index contributed by atoms with van der Waals surface area (Å²) in [5, 5.41) is 4.42. The van der Waals surface area contributed by atoms with Crippen molar-refractivity contribution in [2.45, 2.75) is 44.2 Å². The van der Waals surface area contributed by atoms with Crippen molar-refractivity contribution in [2.75, 3.05) is 6.61 Å². The molecule has 0 spiro atoms. The van der Waals surface area contributed by atoms with Crippen molar-refractivity contribution in [3.05, 3.63) is 94.0 Å². The molecular weight excluding hydrogens is 446 g/mol. The van der Waals surface area contributed by atoms with Gasteiger partial charge >= 0.3 is 0 Å². The third-order valence-corrected chi connectivity index (χ3v) is 6.60. The summed E-state index contributed by atoms with van der Waals surface area (Å²) >= 11 is 6.28. The molecule has 5 nitrogen and oxygen atoms in total. The first-order chi connectivity index (χ1) is 15.2. The molecule has 2 N–H and O–H groups in total. The van der Waals surface area contributed by atoms with Crippen LogP contribution in [0.15, 0.2) is 71.6 Å². The first-order valence-corrected chi connectivity index (χ1v) is 12.3. The summed E-state index contributed by atoms with van der Waals surface area (Å²) < 4.78 is 35.3. The number of fused-ring (bicyclic) bond motifs is 1. The van der Waals surface area contributed by atoms with Gasteiger partial charge in [0.1, 0.15) is 5.75 Å². The van der Waals surface area contributed by atoms with E-state index in [2.05, 4.69) is 49.5 Å². The van der Waals surface area contributed by atoms with E-state index in [9.17, 15) is 8.42 Å². The van der Waals surface area contributed by atoms with E-state index in [1.54, 1.807) is 12.1 Å². The highest BCUT2D eigenvalue weighted by molar-refractivity contribution is 7.85. The lowest BCUT2D eigenvalue weighted by Crippen LogP contribution is -2.30. The lowest BCUT2D eigenvalue weighted by Gasteiger charge is -2.31. The normalized spacial score (nSPS) is 16.2. The van der Waals surface area contributed by atoms with E-state index in [0.717, 1.165) is 17.7 Å². The van der Waals surface area contributed by atoms with Crippen molar-refractivity contribution in [1.29, 1.82) is 0 Å². The maximum Gasteiger partial charge on any atom is 0.294 e. The highest BCUT2D eigenvalue weighted by Gasteiger charge is 2.26. The van der Waals surface area contributed by atoms with E-state index in [1.807, 2.05) is 19.1 Å². The maximum atomic E-state index is 10.5. The first-order valence-electron chi connectivity index (χ1n) is 10.4. The quantitative estimate of drug-likeness (QED) is 0.450. The van der Waals surface area contributed by atoms with Crippen LogP contribution in [0.25, 0.3) is 0 Å². The van der Waals surface area contributed by atoms with Crippen molar-refractivity contribution in [1.82, 2.24) is 5.32 Å². The zero-order valence-electron chi connectivity index (χ0n) is 18.4. The Morgan fingerprint density at radius 3 is 2.31 bits per heavy atom. The molecule has 0 fully saturated rings. The van der Waals surface area contributed by atoms with Crippen molar-refractivity contribution < 1.29 is 17.7 Å². The first kappa shape index (κ1) is 24.3. The van der Waals surface area contributed by atoms with E-state index in [1.165, 1.54) is 28.8 Å². The van der Waals surface area contributed by atoms with Gasteiger partial charge in [-0.1, -0.05) is 65.7 Å². The summed E-state index contributed by atoms with van der Waals surface area (Å²) in [7, 11) is -4.02. The molecule has 7 heteroatoms. The number of rotatable bonds is 4. The van der Waals surface area contributed by atoms with Gasteiger partial charge in [0.25, 0.3) is 10.1 Å². The van der Waals surface area contributed by atoms with Gasteiger partial charge in [-0.15, -0.1) is 0 Å². The highest BCUT2D eigenvalue weighted by atomic mass is 35.5. The Hall–Kier alpha value is -2.38. The Morgan fingerprint density at radius 1 is 1.03 bits per heavy atom. The molecule has 0 amide bonds. The molecule has 0 aromatic heterocycles. The molecule has 0 saturated heterocycles. The smallest absolute Gasteiger partial charge is 0.294 e. The van der Waals surface area contributed by atoms with Gasteiger partial charge in [-0.25, -0.2) is 0 Å². The second kappa shape index (κ2) is 10.5. The Labute approximate surface area is 195 Å². The van der Waals surface area contributed by atoms with Gasteiger partial charge < -0.3 is 10.1 Å². The van der Waals surface area contributed by atoms with Crippen molar-refractivity contribution in [3.63, 3.8) is 0 Å². The number of hydrogen-bond acceptors (Lipinski definition) is 4. The Balaban J connectivity index is 0.000000222. The molecule has 170 valence electrons. The molecule has 0 bridgehead atoms. The Morgan fingerprint density at radius 2 is 1.69 bits per heavy atom. The maximum absolute atomic E-state index is 10.5. The van der Waals surface area contributed by atoms with Crippen LogP contribution >= 0.6 is 11.6 Å². The predicted octanol–water partition coefficient (Wildman–Crippen LogP) is 6.06. The number of ether oxygens (including phenoxy) is 1. The summed E-state index contributed by atoms with van der Waals surface area (Å²) in [4.78, 5) is -0.0666. The molecule has 0 saturated carbocycles. The van der Waals surface area contributed by atoms with Gasteiger partial charge in [-0.2, -0.15) is 8.42 Å². The fraction of sp³-hybridized carbons (Fsp3) is 0.280. The lowest BCUT2D eigenvalue weighted by molar-refractivity contribution is 0.245. The zero-order chi connectivity index (χ0) is 23.3. The van der Waals surface area contributed by atoms with Crippen molar-refractivity contribution >= 4 is 21.7 Å². The molecule has 1 aliphatic rings. The molecule has 1 aliphatic heterocycles. The van der Waals surface area contributed by atoms with E-state index in [-0.39, 0.29) is 10.9 Å². The standard InChI is InChI=1S/C18H20ClNO.C7H8O3S/c1-12-8-9-15(19)18-17(12)16(10-11-21-18)20-13(2)14-6-4-3-5-7-14;1-6-2-4-7(5-3-6)11(8,9)10/h3-9,13,16,20H,10-11H2,1-2H3;2-5H,1H3,(H,8,9,10)/t13-,16-;/m0./s1. The van der Waals surface area contributed by atoms with Gasteiger partial charge in [-0.05, 0) is 50.1 Å². The van der Waals surface area contributed by atoms with Crippen LogP contribution in [0.1, 0.15) is 47.7 Å². The number of hydrogen-bond donors (Lipinski definition) is 2. The summed E-state index contributed by atoms with van der Waals surface area (Å²) in [5.74, 6) is 0.848. The predicted molar refractivity (Wildman–Crippen MR) is 128 cm³/mol. The van der Waals surface area contributed by atoms with Crippen LogP contribution in [0.5, 0.6) is 5.75 Å². The zero-order valence-corrected chi connectivity index (χ0v) is 20.0. The molecule has 3 aromatic rings. The largest absolute Gasteiger partial charge is 0.492 e. The molecule has 0 aliphatic carbocycles. The third-order valence-electron chi connectivity index (χ3n) is 5.44. The van der Waals surface area contributed by atoms with Crippen LogP contribution < -0.4 is 10.1 Å². The summed E-state index contributed by atoms with van der Waals surface area (Å²) in [6.45, 7) is 6.86. The van der Waals surface area contributed by atoms with Gasteiger partial charge in [-0.3, -0.25) is 4.55 Å². The van der Waals surface area contributed by atoms with Crippen LogP contribution in [-0.2, 0) is 10.1 Å². The van der Waals surface area contributed by atoms with Gasteiger partial charge in [0, 0.05) is 24.1 Å². The second-order valence-electron chi connectivity index (χ2n) is 7.88. The molecule has 0 radical (unpaired) electrons. The topological polar surface area (TPSA) is 75.6 Å². The van der Waals surface area contributed by atoms with Gasteiger partial charge in [0.15, 0.2) is 0 Å². The monoisotopic (exact) mass is 473 g/mol. The second-order valence-corrected chi connectivity index (χ2v) is 9.71. The van der Waals surface area contributed by atoms with Crippen LogP contribution in [0.3, 0.4) is 0 Å². The van der Waals surface area contributed by atoms with E-state index >= 15 is 0 Å². The molecule has 0 unspecified atom stereocenters. The lowest BCUT2D eigenvalue weighted by atomic mass is 9.94. The molecule has 3 aromatic carbocycles. The minimum absolute atomic E-state index is 0.0666. The minimum Gasteiger partial charge on any atom is -0.492 e. The average molecular weight is 474 g/mol. The number of benzene rings is 3. The number of aryl methyl sites for hydroxylation is 2.